The van der Waals surface area contributed by atoms with Crippen molar-refractivity contribution in [2.45, 2.75) is 57.9 Å². The van der Waals surface area contributed by atoms with E-state index in [1.165, 1.54) is 6.42 Å². The summed E-state index contributed by atoms with van der Waals surface area (Å²) in [6.45, 7) is 3.14. The first-order valence-corrected chi connectivity index (χ1v) is 8.83. The lowest BCUT2D eigenvalue weighted by Gasteiger charge is -2.16. The Morgan fingerprint density at radius 1 is 1.11 bits per heavy atom. The number of hydrogen-bond donors (Lipinski definition) is 2. The molecule has 1 aliphatic carbocycles. The van der Waals surface area contributed by atoms with E-state index in [1.807, 2.05) is 7.05 Å². The number of sulfonamides is 1. The summed E-state index contributed by atoms with van der Waals surface area (Å²) in [5, 5.41) is 3.03. The highest BCUT2D eigenvalue weighted by Crippen LogP contribution is 2.23. The zero-order valence-electron chi connectivity index (χ0n) is 11.7. The number of rotatable bonds is 7. The van der Waals surface area contributed by atoms with Gasteiger partial charge in [-0.25, -0.2) is 13.1 Å². The molecule has 1 rings (SSSR count). The van der Waals surface area contributed by atoms with E-state index in [0.717, 1.165) is 51.0 Å². The van der Waals surface area contributed by atoms with Gasteiger partial charge in [0.05, 0.1) is 5.75 Å². The lowest BCUT2D eigenvalue weighted by atomic mass is 10.0. The van der Waals surface area contributed by atoms with Gasteiger partial charge in [0.1, 0.15) is 0 Å². The molecule has 0 bridgehead atoms. The molecule has 1 fully saturated rings. The van der Waals surface area contributed by atoms with E-state index in [-0.39, 0.29) is 11.8 Å². The first kappa shape index (κ1) is 15.9. The van der Waals surface area contributed by atoms with Crippen molar-refractivity contribution in [3.8, 4) is 0 Å². The molecule has 0 aliphatic heterocycles. The summed E-state index contributed by atoms with van der Waals surface area (Å²) < 4.78 is 26.7. The van der Waals surface area contributed by atoms with Gasteiger partial charge in [0.25, 0.3) is 0 Å². The Labute approximate surface area is 112 Å². The van der Waals surface area contributed by atoms with Gasteiger partial charge in [-0.1, -0.05) is 19.8 Å². The Bertz CT molecular complexity index is 317. The second-order valence-corrected chi connectivity index (χ2v) is 7.43. The van der Waals surface area contributed by atoms with E-state index >= 15 is 0 Å². The molecule has 2 unspecified atom stereocenters. The van der Waals surface area contributed by atoms with Crippen molar-refractivity contribution in [3.05, 3.63) is 0 Å². The molecule has 2 N–H and O–H groups in total. The molecule has 0 saturated heterocycles. The Morgan fingerprint density at radius 2 is 1.89 bits per heavy atom. The van der Waals surface area contributed by atoms with E-state index in [1.54, 1.807) is 0 Å². The summed E-state index contributed by atoms with van der Waals surface area (Å²) in [5.74, 6) is 1.01. The van der Waals surface area contributed by atoms with Crippen molar-refractivity contribution in [2.75, 3.05) is 19.3 Å². The van der Waals surface area contributed by atoms with Crippen LogP contribution in [0.15, 0.2) is 0 Å². The zero-order chi connectivity index (χ0) is 13.4. The molecule has 0 aromatic carbocycles. The normalized spacial score (nSPS) is 25.9. The van der Waals surface area contributed by atoms with Gasteiger partial charge >= 0.3 is 0 Å². The standard InChI is InChI=1S/C13H28N2O2S/c1-12-6-5-7-13(9-8-12)15-18(16,17)11-4-3-10-14-2/h12-15H,3-11H2,1-2H3. The van der Waals surface area contributed by atoms with E-state index in [0.29, 0.717) is 0 Å². The molecule has 0 aromatic rings. The van der Waals surface area contributed by atoms with Gasteiger partial charge in [-0.15, -0.1) is 0 Å². The summed E-state index contributed by atoms with van der Waals surface area (Å²) in [5.41, 5.74) is 0. The summed E-state index contributed by atoms with van der Waals surface area (Å²) >= 11 is 0. The molecule has 1 aliphatic rings. The number of unbranched alkanes of at least 4 members (excludes halogenated alkanes) is 1. The number of hydrogen-bond acceptors (Lipinski definition) is 3. The predicted molar refractivity (Wildman–Crippen MR) is 76.1 cm³/mol. The Hall–Kier alpha value is -0.130. The fourth-order valence-corrected chi connectivity index (χ4v) is 3.96. The minimum Gasteiger partial charge on any atom is -0.320 e. The molecule has 0 radical (unpaired) electrons. The van der Waals surface area contributed by atoms with E-state index in [4.69, 9.17) is 0 Å². The largest absolute Gasteiger partial charge is 0.320 e. The molecule has 4 nitrogen and oxygen atoms in total. The van der Waals surface area contributed by atoms with E-state index < -0.39 is 10.0 Å². The van der Waals surface area contributed by atoms with Crippen LogP contribution in [0.25, 0.3) is 0 Å². The summed E-state index contributed by atoms with van der Waals surface area (Å²) in [7, 11) is -1.18. The van der Waals surface area contributed by atoms with Crippen molar-refractivity contribution in [3.63, 3.8) is 0 Å². The molecule has 5 heteroatoms. The molecule has 0 amide bonds. The maximum atomic E-state index is 11.9. The first-order valence-electron chi connectivity index (χ1n) is 7.18. The fourth-order valence-electron chi connectivity index (χ4n) is 2.51. The lowest BCUT2D eigenvalue weighted by Crippen LogP contribution is -2.36. The number of nitrogens with one attached hydrogen (secondary N) is 2. The Balaban J connectivity index is 2.30. The van der Waals surface area contributed by atoms with Gasteiger partial charge in [-0.3, -0.25) is 0 Å². The molecule has 2 atom stereocenters. The highest BCUT2D eigenvalue weighted by Gasteiger charge is 2.20. The predicted octanol–water partition coefficient (Wildman–Crippen LogP) is 1.87. The van der Waals surface area contributed by atoms with Crippen LogP contribution in [0.5, 0.6) is 0 Å². The molecule has 0 aromatic heterocycles. The van der Waals surface area contributed by atoms with Crippen LogP contribution >= 0.6 is 0 Å². The van der Waals surface area contributed by atoms with Crippen LogP contribution in [0, 0.1) is 5.92 Å². The second-order valence-electron chi connectivity index (χ2n) is 5.56. The van der Waals surface area contributed by atoms with Gasteiger partial charge in [-0.2, -0.15) is 0 Å². The highest BCUT2D eigenvalue weighted by atomic mass is 32.2. The van der Waals surface area contributed by atoms with Crippen LogP contribution < -0.4 is 10.0 Å². The fraction of sp³-hybridized carbons (Fsp3) is 1.00. The third-order valence-corrected chi connectivity index (χ3v) is 5.21. The van der Waals surface area contributed by atoms with Crippen molar-refractivity contribution >= 4 is 10.0 Å². The maximum Gasteiger partial charge on any atom is 0.211 e. The van der Waals surface area contributed by atoms with Crippen molar-refractivity contribution < 1.29 is 8.42 Å². The van der Waals surface area contributed by atoms with E-state index in [2.05, 4.69) is 17.0 Å². The third kappa shape index (κ3) is 6.71. The summed E-state index contributed by atoms with van der Waals surface area (Å²) in [6, 6.07) is 0.171. The van der Waals surface area contributed by atoms with Crippen LogP contribution in [-0.2, 0) is 10.0 Å². The van der Waals surface area contributed by atoms with Gasteiger partial charge in [0.15, 0.2) is 0 Å². The summed E-state index contributed by atoms with van der Waals surface area (Å²) in [4.78, 5) is 0. The van der Waals surface area contributed by atoms with E-state index in [9.17, 15) is 8.42 Å². The summed E-state index contributed by atoms with van der Waals surface area (Å²) in [6.07, 6.45) is 7.18. The van der Waals surface area contributed by atoms with Crippen molar-refractivity contribution in [2.24, 2.45) is 5.92 Å². The SMILES string of the molecule is CNCCCCS(=O)(=O)NC1CCCC(C)CC1. The molecular formula is C13H28N2O2S. The molecule has 1 saturated carbocycles. The Morgan fingerprint density at radius 3 is 2.61 bits per heavy atom. The van der Waals surface area contributed by atoms with Crippen LogP contribution in [0.4, 0.5) is 0 Å². The molecule has 108 valence electrons. The van der Waals surface area contributed by atoms with Crippen molar-refractivity contribution in [1.82, 2.24) is 10.0 Å². The maximum absolute atomic E-state index is 11.9. The highest BCUT2D eigenvalue weighted by molar-refractivity contribution is 7.89. The minimum atomic E-state index is -3.07. The second kappa shape index (κ2) is 8.12. The quantitative estimate of drug-likeness (QED) is 0.551. The lowest BCUT2D eigenvalue weighted by molar-refractivity contribution is 0.484. The molecule has 0 spiro atoms. The monoisotopic (exact) mass is 276 g/mol. The molecule has 0 heterocycles. The molecule has 18 heavy (non-hydrogen) atoms. The molecular weight excluding hydrogens is 248 g/mol. The minimum absolute atomic E-state index is 0.171. The Kier molecular flexibility index (Phi) is 7.19. The first-order chi connectivity index (χ1) is 8.53. The van der Waals surface area contributed by atoms with Crippen LogP contribution in [0.1, 0.15) is 51.9 Å². The average Bonchev–Trinajstić information content (AvgIpc) is 2.50. The topological polar surface area (TPSA) is 58.2 Å². The van der Waals surface area contributed by atoms with Crippen LogP contribution in [0.3, 0.4) is 0 Å². The van der Waals surface area contributed by atoms with Gasteiger partial charge in [0.2, 0.25) is 10.0 Å². The third-order valence-electron chi connectivity index (χ3n) is 3.69. The van der Waals surface area contributed by atoms with Gasteiger partial charge < -0.3 is 5.32 Å². The van der Waals surface area contributed by atoms with Crippen LogP contribution in [0.2, 0.25) is 0 Å². The van der Waals surface area contributed by atoms with Crippen molar-refractivity contribution in [1.29, 1.82) is 0 Å². The smallest absolute Gasteiger partial charge is 0.211 e. The zero-order valence-corrected chi connectivity index (χ0v) is 12.6. The van der Waals surface area contributed by atoms with Gasteiger partial charge in [0, 0.05) is 6.04 Å². The van der Waals surface area contributed by atoms with Gasteiger partial charge in [-0.05, 0) is 51.6 Å². The van der Waals surface area contributed by atoms with Crippen LogP contribution in [-0.4, -0.2) is 33.8 Å². The average molecular weight is 276 g/mol.